The molecule has 3 rings (SSSR count). The van der Waals surface area contributed by atoms with Crippen LogP contribution in [0.3, 0.4) is 0 Å². The highest BCUT2D eigenvalue weighted by Gasteiger charge is 2.31. The fraction of sp³-hybridized carbons (Fsp3) is 0.440. The summed E-state index contributed by atoms with van der Waals surface area (Å²) in [5.41, 5.74) is 2.40. The van der Waals surface area contributed by atoms with E-state index in [1.165, 1.54) is 4.90 Å². The van der Waals surface area contributed by atoms with E-state index in [2.05, 4.69) is 0 Å². The highest BCUT2D eigenvalue weighted by Crippen LogP contribution is 2.34. The first-order chi connectivity index (χ1) is 15.5. The summed E-state index contributed by atoms with van der Waals surface area (Å²) in [4.78, 5) is 28.1. The number of benzene rings is 1. The summed E-state index contributed by atoms with van der Waals surface area (Å²) in [6.07, 6.45) is 3.63. The van der Waals surface area contributed by atoms with Gasteiger partial charge in [-0.15, -0.1) is 11.3 Å². The summed E-state index contributed by atoms with van der Waals surface area (Å²) < 4.78 is 17.1. The molecule has 1 aromatic heterocycles. The molecule has 0 saturated heterocycles. The van der Waals surface area contributed by atoms with Gasteiger partial charge in [0.05, 0.1) is 12.6 Å². The number of thiophene rings is 1. The lowest BCUT2D eigenvalue weighted by atomic mass is 9.97. The molecule has 0 aliphatic carbocycles. The largest absolute Gasteiger partial charge is 0.484 e. The second kappa shape index (κ2) is 10.3. The highest BCUT2D eigenvalue weighted by atomic mass is 32.1. The van der Waals surface area contributed by atoms with Gasteiger partial charge in [-0.3, -0.25) is 4.90 Å². The molecule has 1 aliphatic heterocycles. The van der Waals surface area contributed by atoms with Crippen LogP contribution in [0.1, 0.15) is 49.9 Å². The van der Waals surface area contributed by atoms with Crippen LogP contribution in [-0.2, 0) is 4.74 Å². The van der Waals surface area contributed by atoms with E-state index >= 15 is 0 Å². The average Bonchev–Trinajstić information content (AvgIpc) is 3.04. The first-order valence-corrected chi connectivity index (χ1v) is 11.8. The maximum atomic E-state index is 13.1. The minimum Gasteiger partial charge on any atom is -0.484 e. The lowest BCUT2D eigenvalue weighted by Crippen LogP contribution is -2.39. The van der Waals surface area contributed by atoms with E-state index in [0.717, 1.165) is 21.8 Å². The molecule has 0 spiro atoms. The summed E-state index contributed by atoms with van der Waals surface area (Å²) in [5.74, 6) is 0.451. The predicted molar refractivity (Wildman–Crippen MR) is 130 cm³/mol. The quantitative estimate of drug-likeness (QED) is 0.543. The smallest absolute Gasteiger partial charge is 0.414 e. The molecule has 0 fully saturated rings. The molecule has 33 heavy (non-hydrogen) atoms. The number of rotatable bonds is 5. The van der Waals surface area contributed by atoms with Gasteiger partial charge in [0.1, 0.15) is 11.4 Å². The Bertz CT molecular complexity index is 1020. The molecule has 178 valence electrons. The molecular formula is C25H32N2O5S. The molecule has 0 bridgehead atoms. The van der Waals surface area contributed by atoms with Gasteiger partial charge in [0, 0.05) is 27.1 Å². The monoisotopic (exact) mass is 472 g/mol. The number of ether oxygens (including phenoxy) is 3. The first-order valence-electron chi connectivity index (χ1n) is 10.9. The van der Waals surface area contributed by atoms with Crippen LogP contribution in [0.15, 0.2) is 35.7 Å². The Labute approximate surface area is 199 Å². The Balaban J connectivity index is 1.86. The van der Waals surface area contributed by atoms with E-state index in [1.54, 1.807) is 36.4 Å². The van der Waals surface area contributed by atoms with Crippen LogP contribution in [0.2, 0.25) is 0 Å². The third kappa shape index (κ3) is 6.74. The topological polar surface area (TPSA) is 68.3 Å². The number of nitrogens with zero attached hydrogens (tertiary/aromatic N) is 2. The van der Waals surface area contributed by atoms with Crippen LogP contribution in [-0.4, -0.2) is 54.8 Å². The van der Waals surface area contributed by atoms with Crippen molar-refractivity contribution in [3.63, 3.8) is 0 Å². The van der Waals surface area contributed by atoms with Gasteiger partial charge in [0.15, 0.2) is 5.06 Å². The summed E-state index contributed by atoms with van der Waals surface area (Å²) in [5, 5.41) is 2.90. The SMILES string of the molecule is Cc1csc(OCC[C@@H]2c3ccc(OC(=O)N(C)C)cc3C=CCN2C(=O)OC(C)(C)C)c1. The standard InChI is InChI=1S/C25H32N2O5S/c1-17-14-22(33-16-17)30-13-11-21-20-10-9-19(31-23(28)26(5)6)15-18(20)8-7-12-27(21)24(29)32-25(2,3)4/h7-10,14-16,21H,11-13H2,1-6H3/t21-/m1/s1. The van der Waals surface area contributed by atoms with E-state index < -0.39 is 11.7 Å². The zero-order chi connectivity index (χ0) is 24.2. The van der Waals surface area contributed by atoms with Crippen LogP contribution in [0.25, 0.3) is 6.08 Å². The Morgan fingerprint density at radius 2 is 1.97 bits per heavy atom. The fourth-order valence-corrected chi connectivity index (χ4v) is 4.21. The fourth-order valence-electron chi connectivity index (χ4n) is 3.43. The zero-order valence-electron chi connectivity index (χ0n) is 20.1. The van der Waals surface area contributed by atoms with Gasteiger partial charge < -0.3 is 19.1 Å². The molecule has 0 radical (unpaired) electrons. The van der Waals surface area contributed by atoms with Crippen molar-refractivity contribution >= 4 is 29.6 Å². The van der Waals surface area contributed by atoms with Gasteiger partial charge >= 0.3 is 12.2 Å². The Hall–Kier alpha value is -3.00. The minimum atomic E-state index is -0.601. The molecule has 2 amide bonds. The van der Waals surface area contributed by atoms with Crippen molar-refractivity contribution in [3.8, 4) is 10.8 Å². The average molecular weight is 473 g/mol. The molecule has 1 atom stereocenters. The van der Waals surface area contributed by atoms with Gasteiger partial charge in [-0.1, -0.05) is 18.2 Å². The number of carbonyl (C=O) groups is 2. The number of hydrogen-bond donors (Lipinski definition) is 0. The van der Waals surface area contributed by atoms with E-state index in [0.29, 0.717) is 25.3 Å². The summed E-state index contributed by atoms with van der Waals surface area (Å²) in [6.45, 7) is 8.45. The summed E-state index contributed by atoms with van der Waals surface area (Å²) in [6, 6.07) is 7.22. The van der Waals surface area contributed by atoms with E-state index in [-0.39, 0.29) is 12.1 Å². The molecule has 0 unspecified atom stereocenters. The molecule has 8 heteroatoms. The molecule has 0 saturated carbocycles. The van der Waals surface area contributed by atoms with Crippen molar-refractivity contribution in [3.05, 3.63) is 52.4 Å². The molecule has 1 aliphatic rings. The lowest BCUT2D eigenvalue weighted by Gasteiger charge is -2.33. The van der Waals surface area contributed by atoms with Crippen LogP contribution in [0, 0.1) is 6.92 Å². The zero-order valence-corrected chi connectivity index (χ0v) is 20.9. The molecule has 0 N–H and O–H groups in total. The van der Waals surface area contributed by atoms with Gasteiger partial charge in [0.2, 0.25) is 0 Å². The van der Waals surface area contributed by atoms with Crippen molar-refractivity contribution in [1.82, 2.24) is 9.80 Å². The van der Waals surface area contributed by atoms with Gasteiger partial charge in [-0.2, -0.15) is 0 Å². The third-order valence-corrected chi connectivity index (χ3v) is 5.89. The summed E-state index contributed by atoms with van der Waals surface area (Å²) >= 11 is 1.56. The Morgan fingerprint density at radius 1 is 1.21 bits per heavy atom. The molecular weight excluding hydrogens is 440 g/mol. The number of carbonyl (C=O) groups excluding carboxylic acids is 2. The van der Waals surface area contributed by atoms with Crippen molar-refractivity contribution in [2.75, 3.05) is 27.2 Å². The second-order valence-corrected chi connectivity index (χ2v) is 10.1. The van der Waals surface area contributed by atoms with Crippen molar-refractivity contribution in [2.24, 2.45) is 0 Å². The van der Waals surface area contributed by atoms with Crippen LogP contribution in [0.4, 0.5) is 9.59 Å². The molecule has 2 heterocycles. The normalized spacial score (nSPS) is 15.5. The van der Waals surface area contributed by atoms with Crippen LogP contribution >= 0.6 is 11.3 Å². The molecule has 2 aromatic rings. The second-order valence-electron chi connectivity index (χ2n) is 9.18. The van der Waals surface area contributed by atoms with Crippen LogP contribution < -0.4 is 9.47 Å². The van der Waals surface area contributed by atoms with E-state index in [9.17, 15) is 9.59 Å². The lowest BCUT2D eigenvalue weighted by molar-refractivity contribution is 0.0167. The van der Waals surface area contributed by atoms with E-state index in [1.807, 2.05) is 63.4 Å². The number of hydrogen-bond acceptors (Lipinski definition) is 6. The van der Waals surface area contributed by atoms with Gasteiger partial charge in [-0.25, -0.2) is 9.59 Å². The Morgan fingerprint density at radius 3 is 2.61 bits per heavy atom. The van der Waals surface area contributed by atoms with Gasteiger partial charge in [0.25, 0.3) is 0 Å². The third-order valence-electron chi connectivity index (χ3n) is 4.93. The number of aryl methyl sites for hydroxylation is 1. The van der Waals surface area contributed by atoms with Crippen molar-refractivity contribution in [1.29, 1.82) is 0 Å². The molecule has 7 nitrogen and oxygen atoms in total. The van der Waals surface area contributed by atoms with E-state index in [4.69, 9.17) is 14.2 Å². The summed E-state index contributed by atoms with van der Waals surface area (Å²) in [7, 11) is 3.27. The maximum Gasteiger partial charge on any atom is 0.414 e. The maximum absolute atomic E-state index is 13.1. The van der Waals surface area contributed by atoms with Gasteiger partial charge in [-0.05, 0) is 68.0 Å². The van der Waals surface area contributed by atoms with Crippen molar-refractivity contribution in [2.45, 2.75) is 45.8 Å². The number of fused-ring (bicyclic) bond motifs is 1. The molecule has 1 aromatic carbocycles. The predicted octanol–water partition coefficient (Wildman–Crippen LogP) is 5.89. The Kier molecular flexibility index (Phi) is 7.68. The highest BCUT2D eigenvalue weighted by molar-refractivity contribution is 7.12. The van der Waals surface area contributed by atoms with Crippen LogP contribution in [0.5, 0.6) is 10.8 Å². The first kappa shape index (κ1) is 24.6. The minimum absolute atomic E-state index is 0.260. The van der Waals surface area contributed by atoms with Crippen molar-refractivity contribution < 1.29 is 23.8 Å². The number of amides is 2.